The Labute approximate surface area is 166 Å². The second kappa shape index (κ2) is 9.78. The highest BCUT2D eigenvalue weighted by Crippen LogP contribution is 2.25. The SMILES string of the molecule is COC(=O)COc1c(C)cc(CNc2ccc(C(=O)NC(C)C)cc2)cc1C. The third kappa shape index (κ3) is 6.01. The van der Waals surface area contributed by atoms with Gasteiger partial charge in [0.2, 0.25) is 0 Å². The van der Waals surface area contributed by atoms with Crippen LogP contribution in [0.5, 0.6) is 5.75 Å². The van der Waals surface area contributed by atoms with Gasteiger partial charge in [0, 0.05) is 23.8 Å². The molecule has 2 rings (SSSR count). The quantitative estimate of drug-likeness (QED) is 0.680. The zero-order chi connectivity index (χ0) is 20.7. The van der Waals surface area contributed by atoms with Crippen molar-refractivity contribution in [2.24, 2.45) is 0 Å². The standard InChI is InChI=1S/C22H28N2O4/c1-14(2)24-22(26)18-6-8-19(9-7-18)23-12-17-10-15(3)21(16(4)11-17)28-13-20(25)27-5/h6-11,14,23H,12-13H2,1-5H3,(H,24,26). The third-order valence-electron chi connectivity index (χ3n) is 4.15. The van der Waals surface area contributed by atoms with Crippen LogP contribution in [0.4, 0.5) is 5.69 Å². The number of rotatable bonds is 8. The van der Waals surface area contributed by atoms with Gasteiger partial charge in [-0.2, -0.15) is 0 Å². The normalized spacial score (nSPS) is 10.5. The van der Waals surface area contributed by atoms with Crippen molar-refractivity contribution < 1.29 is 19.1 Å². The number of methoxy groups -OCH3 is 1. The summed E-state index contributed by atoms with van der Waals surface area (Å²) in [7, 11) is 1.34. The first kappa shape index (κ1) is 21.3. The zero-order valence-corrected chi connectivity index (χ0v) is 17.1. The number of benzene rings is 2. The Hall–Kier alpha value is -3.02. The van der Waals surface area contributed by atoms with E-state index >= 15 is 0 Å². The van der Waals surface area contributed by atoms with E-state index in [9.17, 15) is 9.59 Å². The first-order chi connectivity index (χ1) is 13.3. The van der Waals surface area contributed by atoms with Crippen LogP contribution in [0.15, 0.2) is 36.4 Å². The Bertz CT molecular complexity index is 806. The predicted octanol–water partition coefficient (Wildman–Crippen LogP) is 3.61. The molecule has 0 saturated carbocycles. The molecule has 2 aromatic rings. The van der Waals surface area contributed by atoms with Crippen molar-refractivity contribution in [1.82, 2.24) is 5.32 Å². The molecule has 0 aliphatic heterocycles. The van der Waals surface area contributed by atoms with Crippen LogP contribution in [0.3, 0.4) is 0 Å². The molecule has 6 heteroatoms. The Morgan fingerprint density at radius 1 is 1.04 bits per heavy atom. The van der Waals surface area contributed by atoms with Gasteiger partial charge in [-0.25, -0.2) is 4.79 Å². The molecule has 0 aliphatic carbocycles. The van der Waals surface area contributed by atoms with Crippen LogP contribution in [-0.2, 0) is 16.1 Å². The summed E-state index contributed by atoms with van der Waals surface area (Å²) >= 11 is 0. The lowest BCUT2D eigenvalue weighted by Gasteiger charge is -2.14. The highest BCUT2D eigenvalue weighted by atomic mass is 16.6. The molecule has 0 unspecified atom stereocenters. The van der Waals surface area contributed by atoms with Gasteiger partial charge < -0.3 is 20.1 Å². The highest BCUT2D eigenvalue weighted by Gasteiger charge is 2.10. The van der Waals surface area contributed by atoms with E-state index < -0.39 is 5.97 Å². The molecule has 0 radical (unpaired) electrons. The molecule has 0 bridgehead atoms. The number of carbonyl (C=O) groups excluding carboxylic acids is 2. The summed E-state index contributed by atoms with van der Waals surface area (Å²) in [6.07, 6.45) is 0. The molecule has 28 heavy (non-hydrogen) atoms. The largest absolute Gasteiger partial charge is 0.481 e. The number of amides is 1. The molecule has 2 aromatic carbocycles. The van der Waals surface area contributed by atoms with E-state index in [1.807, 2.05) is 52.0 Å². The lowest BCUT2D eigenvalue weighted by atomic mass is 10.1. The van der Waals surface area contributed by atoms with Crippen molar-refractivity contribution in [1.29, 1.82) is 0 Å². The molecule has 0 aromatic heterocycles. The number of esters is 1. The minimum Gasteiger partial charge on any atom is -0.481 e. The van der Waals surface area contributed by atoms with Crippen molar-refractivity contribution in [3.05, 3.63) is 58.7 Å². The summed E-state index contributed by atoms with van der Waals surface area (Å²) in [6, 6.07) is 11.6. The van der Waals surface area contributed by atoms with Gasteiger partial charge >= 0.3 is 5.97 Å². The maximum Gasteiger partial charge on any atom is 0.343 e. The van der Waals surface area contributed by atoms with Gasteiger partial charge in [-0.3, -0.25) is 4.79 Å². The topological polar surface area (TPSA) is 76.7 Å². The van der Waals surface area contributed by atoms with E-state index in [1.165, 1.54) is 7.11 Å². The number of anilines is 1. The summed E-state index contributed by atoms with van der Waals surface area (Å²) in [5.74, 6) is 0.222. The Morgan fingerprint density at radius 2 is 1.64 bits per heavy atom. The molecule has 0 heterocycles. The van der Waals surface area contributed by atoms with Gasteiger partial charge in [-0.05, 0) is 68.7 Å². The molecule has 0 spiro atoms. The van der Waals surface area contributed by atoms with Crippen molar-refractivity contribution >= 4 is 17.6 Å². The number of hydrogen-bond donors (Lipinski definition) is 2. The minimum absolute atomic E-state index is 0.0738. The van der Waals surface area contributed by atoms with E-state index in [-0.39, 0.29) is 18.6 Å². The molecule has 0 aliphatic rings. The van der Waals surface area contributed by atoms with Crippen molar-refractivity contribution in [2.45, 2.75) is 40.3 Å². The lowest BCUT2D eigenvalue weighted by Crippen LogP contribution is -2.29. The average Bonchev–Trinajstić information content (AvgIpc) is 2.65. The zero-order valence-electron chi connectivity index (χ0n) is 17.1. The molecule has 0 saturated heterocycles. The smallest absolute Gasteiger partial charge is 0.343 e. The second-order valence-electron chi connectivity index (χ2n) is 6.98. The molecule has 1 amide bonds. The second-order valence-corrected chi connectivity index (χ2v) is 6.98. The average molecular weight is 384 g/mol. The fourth-order valence-corrected chi connectivity index (χ4v) is 2.85. The van der Waals surface area contributed by atoms with Gasteiger partial charge in [0.1, 0.15) is 5.75 Å². The molecular formula is C22H28N2O4. The summed E-state index contributed by atoms with van der Waals surface area (Å²) in [6.45, 7) is 8.30. The van der Waals surface area contributed by atoms with Crippen LogP contribution < -0.4 is 15.4 Å². The molecule has 0 atom stereocenters. The van der Waals surface area contributed by atoms with E-state index in [1.54, 1.807) is 12.1 Å². The maximum absolute atomic E-state index is 12.0. The number of ether oxygens (including phenoxy) is 2. The van der Waals surface area contributed by atoms with Gasteiger partial charge in [0.05, 0.1) is 7.11 Å². The van der Waals surface area contributed by atoms with E-state index in [2.05, 4.69) is 15.4 Å². The minimum atomic E-state index is -0.407. The lowest BCUT2D eigenvalue weighted by molar-refractivity contribution is -0.142. The maximum atomic E-state index is 12.0. The van der Waals surface area contributed by atoms with Crippen molar-refractivity contribution in [2.75, 3.05) is 19.0 Å². The molecule has 150 valence electrons. The summed E-state index contributed by atoms with van der Waals surface area (Å²) in [5, 5.41) is 6.23. The number of carbonyl (C=O) groups is 2. The fraction of sp³-hybridized carbons (Fsp3) is 0.364. The Balaban J connectivity index is 1.99. The number of hydrogen-bond acceptors (Lipinski definition) is 5. The van der Waals surface area contributed by atoms with Crippen LogP contribution in [0.2, 0.25) is 0 Å². The third-order valence-corrected chi connectivity index (χ3v) is 4.15. The molecular weight excluding hydrogens is 356 g/mol. The summed E-state index contributed by atoms with van der Waals surface area (Å²) in [4.78, 5) is 23.3. The first-order valence-corrected chi connectivity index (χ1v) is 9.24. The fourth-order valence-electron chi connectivity index (χ4n) is 2.85. The Kier molecular flexibility index (Phi) is 7.44. The van der Waals surface area contributed by atoms with E-state index in [0.29, 0.717) is 17.9 Å². The van der Waals surface area contributed by atoms with Gasteiger partial charge in [0.15, 0.2) is 6.61 Å². The van der Waals surface area contributed by atoms with Crippen molar-refractivity contribution in [3.8, 4) is 5.75 Å². The van der Waals surface area contributed by atoms with Crippen molar-refractivity contribution in [3.63, 3.8) is 0 Å². The van der Waals surface area contributed by atoms with Gasteiger partial charge in [0.25, 0.3) is 5.91 Å². The summed E-state index contributed by atoms with van der Waals surface area (Å²) < 4.78 is 10.2. The van der Waals surface area contributed by atoms with Crippen LogP contribution >= 0.6 is 0 Å². The highest BCUT2D eigenvalue weighted by molar-refractivity contribution is 5.94. The Morgan fingerprint density at radius 3 is 2.18 bits per heavy atom. The van der Waals surface area contributed by atoms with Crippen LogP contribution in [-0.4, -0.2) is 31.6 Å². The van der Waals surface area contributed by atoms with Gasteiger partial charge in [-0.15, -0.1) is 0 Å². The summed E-state index contributed by atoms with van der Waals surface area (Å²) in [5.41, 5.74) is 4.59. The van der Waals surface area contributed by atoms with Crippen LogP contribution in [0.1, 0.15) is 40.9 Å². The predicted molar refractivity (Wildman–Crippen MR) is 110 cm³/mol. The molecule has 2 N–H and O–H groups in total. The van der Waals surface area contributed by atoms with Gasteiger partial charge in [-0.1, -0.05) is 12.1 Å². The first-order valence-electron chi connectivity index (χ1n) is 9.24. The molecule has 6 nitrogen and oxygen atoms in total. The van der Waals surface area contributed by atoms with E-state index in [0.717, 1.165) is 22.4 Å². The van der Waals surface area contributed by atoms with E-state index in [4.69, 9.17) is 4.74 Å². The van der Waals surface area contributed by atoms with Crippen LogP contribution in [0, 0.1) is 13.8 Å². The molecule has 0 fully saturated rings. The monoisotopic (exact) mass is 384 g/mol. The van der Waals surface area contributed by atoms with Crippen LogP contribution in [0.25, 0.3) is 0 Å². The number of aryl methyl sites for hydroxylation is 2. The number of nitrogens with one attached hydrogen (secondary N) is 2.